The van der Waals surface area contributed by atoms with Crippen molar-refractivity contribution in [3.05, 3.63) is 35.2 Å². The Morgan fingerprint density at radius 2 is 1.97 bits per heavy atom. The number of benzene rings is 1. The van der Waals surface area contributed by atoms with Gasteiger partial charge in [0.25, 0.3) is 0 Å². The van der Waals surface area contributed by atoms with Gasteiger partial charge in [0.15, 0.2) is 0 Å². The molecule has 1 aromatic carbocycles. The summed E-state index contributed by atoms with van der Waals surface area (Å²) in [6, 6.07) is 7.22. The lowest BCUT2D eigenvalue weighted by Gasteiger charge is -2.24. The zero-order valence-corrected chi connectivity index (χ0v) is 16.7. The summed E-state index contributed by atoms with van der Waals surface area (Å²) in [5.41, 5.74) is 0.831. The number of anilines is 2. The molecule has 0 bridgehead atoms. The van der Waals surface area contributed by atoms with Gasteiger partial charge in [0.1, 0.15) is 0 Å². The lowest BCUT2D eigenvalue weighted by Crippen LogP contribution is -2.30. The summed E-state index contributed by atoms with van der Waals surface area (Å²) in [5, 5.41) is 14.3. The highest BCUT2D eigenvalue weighted by atomic mass is 35.5. The van der Waals surface area contributed by atoms with Crippen LogP contribution in [0.1, 0.15) is 38.0 Å². The molecular formula is C19H22ClN7O2. The molecule has 9 nitrogen and oxygen atoms in total. The maximum absolute atomic E-state index is 12.2. The predicted molar refractivity (Wildman–Crippen MR) is 109 cm³/mol. The molecule has 0 spiro atoms. The molecule has 152 valence electrons. The molecule has 29 heavy (non-hydrogen) atoms. The Hall–Kier alpha value is -2.94. The van der Waals surface area contributed by atoms with Gasteiger partial charge in [-0.2, -0.15) is 9.97 Å². The number of nitrogens with zero attached hydrogens (tertiary/aromatic N) is 5. The molecule has 3 aromatic rings. The van der Waals surface area contributed by atoms with Gasteiger partial charge in [-0.15, -0.1) is 5.10 Å². The minimum absolute atomic E-state index is 0.135. The van der Waals surface area contributed by atoms with E-state index in [1.807, 2.05) is 12.1 Å². The number of carbonyl (C=O) groups is 1. The van der Waals surface area contributed by atoms with Crippen LogP contribution in [0.5, 0.6) is 0 Å². The van der Waals surface area contributed by atoms with Gasteiger partial charge in [0.05, 0.1) is 0 Å². The molecule has 1 aliphatic heterocycles. The van der Waals surface area contributed by atoms with Gasteiger partial charge in [-0.25, -0.2) is 5.10 Å². The molecular weight excluding hydrogens is 394 g/mol. The second kappa shape index (κ2) is 9.04. The van der Waals surface area contributed by atoms with Gasteiger partial charge in [0.2, 0.25) is 29.5 Å². The first kappa shape index (κ1) is 19.4. The summed E-state index contributed by atoms with van der Waals surface area (Å²) in [7, 11) is 0. The Bertz CT molecular complexity index is 948. The van der Waals surface area contributed by atoms with Crippen LogP contribution < -0.4 is 10.2 Å². The number of carbonyl (C=O) groups excluding carboxylic acids is 1. The van der Waals surface area contributed by atoms with Crippen molar-refractivity contribution in [3.8, 4) is 11.4 Å². The van der Waals surface area contributed by atoms with E-state index >= 15 is 0 Å². The van der Waals surface area contributed by atoms with Crippen LogP contribution in [-0.2, 0) is 11.2 Å². The van der Waals surface area contributed by atoms with Crippen molar-refractivity contribution in [3.63, 3.8) is 0 Å². The normalized spacial score (nSPS) is 14.2. The molecule has 0 saturated carbocycles. The number of H-pyrrole nitrogens is 1. The van der Waals surface area contributed by atoms with Crippen LogP contribution in [0.4, 0.5) is 11.9 Å². The first-order valence-corrected chi connectivity index (χ1v) is 10.1. The van der Waals surface area contributed by atoms with Gasteiger partial charge in [-0.1, -0.05) is 16.8 Å². The van der Waals surface area contributed by atoms with Crippen LogP contribution in [0.2, 0.25) is 5.02 Å². The molecule has 0 atom stereocenters. The number of hydrogen-bond donors (Lipinski definition) is 2. The summed E-state index contributed by atoms with van der Waals surface area (Å²) < 4.78 is 5.26. The lowest BCUT2D eigenvalue weighted by atomic mass is 10.1. The summed E-state index contributed by atoms with van der Waals surface area (Å²) >= 11 is 5.89. The molecule has 3 heterocycles. The molecule has 0 aliphatic carbocycles. The summed E-state index contributed by atoms with van der Waals surface area (Å²) in [4.78, 5) is 23.0. The number of halogens is 1. The Morgan fingerprint density at radius 3 is 2.76 bits per heavy atom. The van der Waals surface area contributed by atoms with Crippen molar-refractivity contribution >= 4 is 29.4 Å². The van der Waals surface area contributed by atoms with E-state index < -0.39 is 0 Å². The van der Waals surface area contributed by atoms with Crippen molar-refractivity contribution < 1.29 is 9.32 Å². The second-order valence-corrected chi connectivity index (χ2v) is 7.39. The van der Waals surface area contributed by atoms with Crippen molar-refractivity contribution in [2.24, 2.45) is 0 Å². The van der Waals surface area contributed by atoms with Gasteiger partial charge >= 0.3 is 0 Å². The van der Waals surface area contributed by atoms with Crippen LogP contribution in [0.15, 0.2) is 28.8 Å². The van der Waals surface area contributed by atoms with E-state index in [2.05, 4.69) is 35.5 Å². The highest BCUT2D eigenvalue weighted by Gasteiger charge is 2.16. The Labute approximate surface area is 172 Å². The maximum atomic E-state index is 12.2. The number of rotatable bonds is 7. The van der Waals surface area contributed by atoms with Gasteiger partial charge < -0.3 is 9.42 Å². The van der Waals surface area contributed by atoms with Gasteiger partial charge in [-0.3, -0.25) is 10.1 Å². The van der Waals surface area contributed by atoms with Crippen molar-refractivity contribution in [1.29, 1.82) is 0 Å². The molecule has 0 radical (unpaired) electrons. The zero-order valence-electron chi connectivity index (χ0n) is 15.9. The first-order valence-electron chi connectivity index (χ1n) is 9.73. The minimum Gasteiger partial charge on any atom is -0.340 e. The smallest absolute Gasteiger partial charge is 0.246 e. The Balaban J connectivity index is 1.23. The van der Waals surface area contributed by atoms with Crippen molar-refractivity contribution in [2.45, 2.75) is 38.5 Å². The van der Waals surface area contributed by atoms with Gasteiger partial charge in [0, 0.05) is 36.5 Å². The van der Waals surface area contributed by atoms with Crippen molar-refractivity contribution in [1.82, 2.24) is 25.3 Å². The van der Waals surface area contributed by atoms with Gasteiger partial charge in [-0.05, 0) is 49.9 Å². The summed E-state index contributed by atoms with van der Waals surface area (Å²) in [6.45, 7) is 1.90. The number of hydrogen-bond acceptors (Lipinski definition) is 7. The average molecular weight is 416 g/mol. The number of aryl methyl sites for hydroxylation is 1. The topological polar surface area (TPSA) is 113 Å². The second-order valence-electron chi connectivity index (χ2n) is 6.95. The average Bonchev–Trinajstić information content (AvgIpc) is 3.39. The molecule has 2 N–H and O–H groups in total. The van der Waals surface area contributed by atoms with Crippen LogP contribution in [0.25, 0.3) is 11.4 Å². The number of nitrogens with one attached hydrogen (secondary N) is 2. The highest BCUT2D eigenvalue weighted by molar-refractivity contribution is 6.30. The van der Waals surface area contributed by atoms with E-state index in [-0.39, 0.29) is 5.91 Å². The Kier molecular flexibility index (Phi) is 6.04. The van der Waals surface area contributed by atoms with E-state index in [0.717, 1.165) is 31.5 Å². The van der Waals surface area contributed by atoms with E-state index in [1.54, 1.807) is 12.1 Å². The van der Waals surface area contributed by atoms with Crippen LogP contribution >= 0.6 is 11.6 Å². The SMILES string of the molecule is O=C(CCCc1nc(-c2ccc(Cl)cc2)no1)Nc1nc(N2CCCCC2)n[nH]1. The van der Waals surface area contributed by atoms with Crippen LogP contribution in [0, 0.1) is 0 Å². The number of aromatic nitrogens is 5. The molecule has 2 aromatic heterocycles. The van der Waals surface area contributed by atoms with Crippen LogP contribution in [-0.4, -0.2) is 44.3 Å². The molecule has 0 unspecified atom stereocenters. The fourth-order valence-corrected chi connectivity index (χ4v) is 3.34. The van der Waals surface area contributed by atoms with E-state index in [9.17, 15) is 4.79 Å². The number of amides is 1. The lowest BCUT2D eigenvalue weighted by molar-refractivity contribution is -0.116. The zero-order chi connectivity index (χ0) is 20.1. The molecule has 4 rings (SSSR count). The molecule has 10 heteroatoms. The maximum Gasteiger partial charge on any atom is 0.246 e. The van der Waals surface area contributed by atoms with E-state index in [4.69, 9.17) is 16.1 Å². The monoisotopic (exact) mass is 415 g/mol. The highest BCUT2D eigenvalue weighted by Crippen LogP contribution is 2.19. The third kappa shape index (κ3) is 5.11. The molecule has 1 aliphatic rings. The summed E-state index contributed by atoms with van der Waals surface area (Å²) in [6.07, 6.45) is 4.95. The Morgan fingerprint density at radius 1 is 1.17 bits per heavy atom. The number of aromatic amines is 1. The minimum atomic E-state index is -0.135. The third-order valence-corrected chi connectivity index (χ3v) is 4.99. The third-order valence-electron chi connectivity index (χ3n) is 4.74. The fraction of sp³-hybridized carbons (Fsp3) is 0.421. The summed E-state index contributed by atoms with van der Waals surface area (Å²) in [5.74, 6) is 1.88. The quantitative estimate of drug-likeness (QED) is 0.607. The fourth-order valence-electron chi connectivity index (χ4n) is 3.21. The molecule has 1 fully saturated rings. The van der Waals surface area contributed by atoms with Crippen molar-refractivity contribution in [2.75, 3.05) is 23.3 Å². The standard InChI is InChI=1S/C19H22ClN7O2/c20-14-9-7-13(8-10-14)17-22-16(29-26-17)6-4-5-15(28)21-18-23-19(25-24-18)27-11-2-1-3-12-27/h7-10H,1-6,11-12H2,(H2,21,23,24,25,28). The first-order chi connectivity index (χ1) is 14.2. The number of piperidine rings is 1. The van der Waals surface area contributed by atoms with E-state index in [0.29, 0.717) is 47.9 Å². The molecule has 1 saturated heterocycles. The van der Waals surface area contributed by atoms with E-state index in [1.165, 1.54) is 6.42 Å². The predicted octanol–water partition coefficient (Wildman–Crippen LogP) is 3.46. The molecule has 1 amide bonds. The largest absolute Gasteiger partial charge is 0.340 e. The van der Waals surface area contributed by atoms with Crippen LogP contribution in [0.3, 0.4) is 0 Å².